The van der Waals surface area contributed by atoms with E-state index in [2.05, 4.69) is 0 Å². The van der Waals surface area contributed by atoms with Gasteiger partial charge in [-0.1, -0.05) is 164 Å². The van der Waals surface area contributed by atoms with Gasteiger partial charge in [-0.2, -0.15) is 0 Å². The van der Waals surface area contributed by atoms with Gasteiger partial charge in [-0.05, 0) is 84.5 Å². The summed E-state index contributed by atoms with van der Waals surface area (Å²) in [5.41, 5.74) is -0.983. The summed E-state index contributed by atoms with van der Waals surface area (Å²) in [6.07, 6.45) is 0. The Bertz CT molecular complexity index is 3290. The maximum Gasteiger partial charge on any atom is 0.132 e. The second-order valence-corrected chi connectivity index (χ2v) is 11.7. The van der Waals surface area contributed by atoms with E-state index in [4.69, 9.17) is 17.1 Å². The van der Waals surface area contributed by atoms with Crippen LogP contribution in [0, 0.1) is 0 Å². The van der Waals surface area contributed by atoms with Crippen molar-refractivity contribution in [3.05, 3.63) is 204 Å². The quantitative estimate of drug-likeness (QED) is 0.190. The van der Waals surface area contributed by atoms with E-state index < -0.39 is 124 Å². The third-order valence-corrected chi connectivity index (χ3v) is 9.23. The molecule has 0 atom stereocenters. The fourth-order valence-electron chi connectivity index (χ4n) is 7.19. The van der Waals surface area contributed by atoms with Crippen LogP contribution >= 0.6 is 0 Å². The predicted octanol–water partition coefficient (Wildman–Crippen LogP) is 12.3. The Balaban J connectivity index is 1.32. The van der Waals surface area contributed by atoms with Gasteiger partial charge in [-0.25, -0.2) is 0 Å². The van der Waals surface area contributed by atoms with E-state index in [1.165, 1.54) is 0 Å². The van der Waals surface area contributed by atoms with Crippen molar-refractivity contribution in [2.45, 2.75) is 5.41 Å². The number of fused-ring (bicyclic) bond motifs is 10. The zero-order valence-corrected chi connectivity index (χ0v) is 25.1. The molecule has 1 nitrogen and oxygen atoms in total. The van der Waals surface area contributed by atoms with Crippen LogP contribution in [0.5, 0.6) is 11.5 Å². The van der Waals surface area contributed by atoms with E-state index in [1.54, 1.807) is 12.1 Å². The fourth-order valence-corrected chi connectivity index (χ4v) is 7.19. The van der Waals surface area contributed by atoms with Crippen molar-refractivity contribution in [1.82, 2.24) is 0 Å². The Labute approximate surface area is 301 Å². The Morgan fingerprint density at radius 1 is 0.396 bits per heavy atom. The lowest BCUT2D eigenvalue weighted by molar-refractivity contribution is 0.436. The molecule has 0 amide bonds. The minimum Gasteiger partial charge on any atom is -0.457 e. The van der Waals surface area contributed by atoms with Crippen LogP contribution < -0.4 is 4.74 Å². The Kier molecular flexibility index (Phi) is 3.49. The van der Waals surface area contributed by atoms with Crippen LogP contribution in [0.3, 0.4) is 0 Å². The average Bonchev–Trinajstić information content (AvgIpc) is 3.60. The van der Waals surface area contributed by atoms with Crippen molar-refractivity contribution in [3.8, 4) is 56.0 Å². The van der Waals surface area contributed by atoms with E-state index in [0.29, 0.717) is 0 Å². The molecular formula is C47H30O. The SMILES string of the molecule is [2H]c1c([2H])c([2H])c2c(c1[2H])Oc1c([2H])c([2H])c(-c3ccc(-c4cccc5cccc(-c6ccccc6)c45)cc3)c([2H])c1C21c2c([2H])c([2H])c([2H])c([2H])c2-c2c([2H])c([2H])c([2H])c([2H])c21. The largest absolute Gasteiger partial charge is 0.457 e. The molecule has 8 aromatic carbocycles. The summed E-state index contributed by atoms with van der Waals surface area (Å²) in [7, 11) is 0. The molecule has 48 heavy (non-hydrogen) atoms. The minimum absolute atomic E-state index is 0.128. The molecule has 0 saturated carbocycles. The second-order valence-electron chi connectivity index (χ2n) is 11.7. The summed E-state index contributed by atoms with van der Waals surface area (Å²) in [6, 6.07) is 18.5. The summed E-state index contributed by atoms with van der Waals surface area (Å²) in [5, 5.41) is 2.00. The van der Waals surface area contributed by atoms with Crippen LogP contribution in [0.4, 0.5) is 0 Å². The van der Waals surface area contributed by atoms with Crippen molar-refractivity contribution < 1.29 is 25.3 Å². The number of ether oxygens (including phenoxy) is 1. The molecule has 8 aromatic rings. The van der Waals surface area contributed by atoms with Crippen molar-refractivity contribution in [2.75, 3.05) is 0 Å². The zero-order valence-electron chi connectivity index (χ0n) is 40.1. The monoisotopic (exact) mass is 625 g/mol. The molecule has 1 aliphatic heterocycles. The topological polar surface area (TPSA) is 9.23 Å². The van der Waals surface area contributed by atoms with E-state index in [0.717, 1.165) is 33.0 Å². The molecule has 0 bridgehead atoms. The van der Waals surface area contributed by atoms with E-state index in [9.17, 15) is 8.22 Å². The maximum absolute atomic E-state index is 10.1. The van der Waals surface area contributed by atoms with Gasteiger partial charge in [0.1, 0.15) is 11.5 Å². The van der Waals surface area contributed by atoms with Gasteiger partial charge >= 0.3 is 0 Å². The highest BCUT2D eigenvalue weighted by Crippen LogP contribution is 2.62. The fraction of sp³-hybridized carbons (Fsp3) is 0.0213. The lowest BCUT2D eigenvalue weighted by atomic mass is 9.66. The standard InChI is InChI=1S/C47H30O/c1-2-12-32(13-3-1)36-18-10-14-34-15-11-19-37(46(34)36)33-26-24-31(25-27-33)35-28-29-45-43(30-35)47(42-22-8-9-23-44(42)48-45)40-20-6-4-16-38(40)39-17-5-7-21-41(39)47/h1-30H/i4D,5D,6D,7D,8D,9D,16D,17D,20D,21D,22D,23D,28D,29D,30D. The van der Waals surface area contributed by atoms with Gasteiger partial charge in [0.25, 0.3) is 0 Å². The zero-order chi connectivity index (χ0) is 44.7. The number of hydrogen-bond donors (Lipinski definition) is 0. The van der Waals surface area contributed by atoms with Crippen molar-refractivity contribution in [1.29, 1.82) is 0 Å². The molecular weight excluding hydrogens is 581 g/mol. The molecule has 1 aliphatic carbocycles. The van der Waals surface area contributed by atoms with Crippen LogP contribution in [0.1, 0.15) is 42.8 Å². The molecule has 1 heterocycles. The van der Waals surface area contributed by atoms with Gasteiger partial charge in [0, 0.05) is 11.1 Å². The van der Waals surface area contributed by atoms with E-state index in [1.807, 2.05) is 78.9 Å². The predicted molar refractivity (Wildman–Crippen MR) is 198 cm³/mol. The van der Waals surface area contributed by atoms with Crippen LogP contribution in [0.25, 0.3) is 55.3 Å². The summed E-state index contributed by atoms with van der Waals surface area (Å²) >= 11 is 0. The lowest BCUT2D eigenvalue weighted by Crippen LogP contribution is -2.32. The normalized spacial score (nSPS) is 17.7. The van der Waals surface area contributed by atoms with Gasteiger partial charge in [0.15, 0.2) is 0 Å². The minimum atomic E-state index is -2.52. The third kappa shape index (κ3) is 3.79. The Hall–Kier alpha value is -6.18. The summed E-state index contributed by atoms with van der Waals surface area (Å²) in [5.74, 6) is -1.12. The van der Waals surface area contributed by atoms with Gasteiger partial charge in [-0.15, -0.1) is 0 Å². The summed E-state index contributed by atoms with van der Waals surface area (Å²) in [6.45, 7) is 0. The Morgan fingerprint density at radius 2 is 0.958 bits per heavy atom. The van der Waals surface area contributed by atoms with Gasteiger partial charge in [0.2, 0.25) is 0 Å². The highest BCUT2D eigenvalue weighted by molar-refractivity contribution is 6.06. The molecule has 0 unspecified atom stereocenters. The second kappa shape index (κ2) is 10.4. The number of rotatable bonds is 3. The molecule has 0 saturated heterocycles. The maximum atomic E-state index is 10.1. The smallest absolute Gasteiger partial charge is 0.132 e. The number of para-hydroxylation sites is 1. The van der Waals surface area contributed by atoms with Crippen LogP contribution in [0.2, 0.25) is 0 Å². The first-order chi connectivity index (χ1) is 30.0. The van der Waals surface area contributed by atoms with E-state index >= 15 is 0 Å². The lowest BCUT2D eigenvalue weighted by Gasteiger charge is -2.39. The van der Waals surface area contributed by atoms with Crippen LogP contribution in [-0.2, 0) is 5.41 Å². The summed E-state index contributed by atoms with van der Waals surface area (Å²) in [4.78, 5) is 0. The molecule has 0 radical (unpaired) electrons. The molecule has 10 rings (SSSR count). The van der Waals surface area contributed by atoms with Crippen molar-refractivity contribution in [3.63, 3.8) is 0 Å². The first-order valence-electron chi connectivity index (χ1n) is 22.9. The average molecular weight is 626 g/mol. The number of benzene rings is 8. The van der Waals surface area contributed by atoms with Gasteiger partial charge < -0.3 is 4.74 Å². The summed E-state index contributed by atoms with van der Waals surface area (Å²) < 4.78 is 143. The molecule has 1 spiro atoms. The number of hydrogen-bond acceptors (Lipinski definition) is 1. The van der Waals surface area contributed by atoms with Crippen molar-refractivity contribution >= 4 is 10.8 Å². The molecule has 224 valence electrons. The van der Waals surface area contributed by atoms with Gasteiger partial charge in [0.05, 0.1) is 26.0 Å². The molecule has 2 aliphatic rings. The third-order valence-electron chi connectivity index (χ3n) is 9.23. The van der Waals surface area contributed by atoms with Crippen molar-refractivity contribution in [2.24, 2.45) is 0 Å². The van der Waals surface area contributed by atoms with Gasteiger partial charge in [-0.3, -0.25) is 0 Å². The van der Waals surface area contributed by atoms with E-state index in [-0.39, 0.29) is 27.8 Å². The highest BCUT2D eigenvalue weighted by Gasteiger charge is 2.50. The van der Waals surface area contributed by atoms with Crippen LogP contribution in [0.15, 0.2) is 182 Å². The highest BCUT2D eigenvalue weighted by atomic mass is 16.5. The van der Waals surface area contributed by atoms with Crippen LogP contribution in [-0.4, -0.2) is 0 Å². The first-order valence-corrected chi connectivity index (χ1v) is 15.4. The molecule has 1 heteroatoms. The first kappa shape index (κ1) is 16.1. The Morgan fingerprint density at radius 3 is 1.65 bits per heavy atom. The molecule has 0 aromatic heterocycles. The molecule has 0 fully saturated rings. The molecule has 0 N–H and O–H groups in total.